The Kier molecular flexibility index (Phi) is 4.57. The van der Waals surface area contributed by atoms with Crippen molar-refractivity contribution in [3.63, 3.8) is 0 Å². The molecule has 0 aliphatic rings. The zero-order valence-electron chi connectivity index (χ0n) is 11.8. The summed E-state index contributed by atoms with van der Waals surface area (Å²) >= 11 is 5.33. The molecule has 6 heteroatoms. The van der Waals surface area contributed by atoms with Crippen molar-refractivity contribution >= 4 is 28.7 Å². The van der Waals surface area contributed by atoms with Crippen LogP contribution in [0.15, 0.2) is 24.3 Å². The normalized spacial score (nSPS) is 10.2. The van der Waals surface area contributed by atoms with E-state index in [1.165, 1.54) is 0 Å². The summed E-state index contributed by atoms with van der Waals surface area (Å²) in [7, 11) is 0. The highest BCUT2D eigenvalue weighted by Crippen LogP contribution is 2.24. The molecule has 0 aliphatic heterocycles. The standard InChI is InChI=1S/C14H18N4OS/c1-4-19-12-8-6-5-7-11(12)15-14(20)16-13-9(2)17-18-10(13)3/h5-8H,4H2,1-3H3,(H,17,18)(H2,15,16,20). The van der Waals surface area contributed by atoms with Gasteiger partial charge in [0.2, 0.25) is 0 Å². The Hall–Kier alpha value is -2.08. The second kappa shape index (κ2) is 6.38. The molecule has 0 unspecified atom stereocenters. The molecule has 106 valence electrons. The molecule has 2 aromatic rings. The van der Waals surface area contributed by atoms with Gasteiger partial charge in [0.05, 0.1) is 29.4 Å². The summed E-state index contributed by atoms with van der Waals surface area (Å²) in [5.41, 5.74) is 3.57. The van der Waals surface area contributed by atoms with Crippen LogP contribution in [0, 0.1) is 13.8 Å². The van der Waals surface area contributed by atoms with E-state index in [0.29, 0.717) is 11.7 Å². The van der Waals surface area contributed by atoms with E-state index in [0.717, 1.165) is 28.5 Å². The highest BCUT2D eigenvalue weighted by atomic mass is 32.1. The fourth-order valence-corrected chi connectivity index (χ4v) is 2.07. The molecular formula is C14H18N4OS. The molecule has 0 bridgehead atoms. The maximum Gasteiger partial charge on any atom is 0.175 e. The Morgan fingerprint density at radius 3 is 2.70 bits per heavy atom. The predicted octanol–water partition coefficient (Wildman–Crippen LogP) is 3.23. The number of aromatic amines is 1. The lowest BCUT2D eigenvalue weighted by Gasteiger charge is -2.14. The SMILES string of the molecule is CCOc1ccccc1NC(=S)Nc1c(C)n[nH]c1C. The summed E-state index contributed by atoms with van der Waals surface area (Å²) in [5.74, 6) is 0.778. The molecule has 0 radical (unpaired) electrons. The van der Waals surface area contributed by atoms with Crippen molar-refractivity contribution in [2.45, 2.75) is 20.8 Å². The molecule has 1 heterocycles. The zero-order chi connectivity index (χ0) is 14.5. The van der Waals surface area contributed by atoms with Crippen LogP contribution in [0.5, 0.6) is 5.75 Å². The van der Waals surface area contributed by atoms with Crippen LogP contribution in [0.25, 0.3) is 0 Å². The van der Waals surface area contributed by atoms with Gasteiger partial charge in [-0.3, -0.25) is 5.10 Å². The number of ether oxygens (including phenoxy) is 1. The van der Waals surface area contributed by atoms with Crippen molar-refractivity contribution in [1.82, 2.24) is 10.2 Å². The van der Waals surface area contributed by atoms with E-state index in [1.807, 2.05) is 45.0 Å². The Bertz CT molecular complexity index is 589. The fraction of sp³-hybridized carbons (Fsp3) is 0.286. The van der Waals surface area contributed by atoms with E-state index in [1.54, 1.807) is 0 Å². The van der Waals surface area contributed by atoms with Crippen molar-refractivity contribution in [3.05, 3.63) is 35.7 Å². The van der Waals surface area contributed by atoms with Crippen molar-refractivity contribution in [3.8, 4) is 5.75 Å². The van der Waals surface area contributed by atoms with Crippen LogP contribution in [-0.4, -0.2) is 21.9 Å². The summed E-state index contributed by atoms with van der Waals surface area (Å²) in [4.78, 5) is 0. The first-order valence-electron chi connectivity index (χ1n) is 6.43. The number of benzene rings is 1. The molecule has 0 spiro atoms. The van der Waals surface area contributed by atoms with Gasteiger partial charge in [-0.1, -0.05) is 12.1 Å². The Morgan fingerprint density at radius 2 is 2.05 bits per heavy atom. The second-order valence-electron chi connectivity index (χ2n) is 4.32. The van der Waals surface area contributed by atoms with Crippen molar-refractivity contribution < 1.29 is 4.74 Å². The minimum absolute atomic E-state index is 0.504. The topological polar surface area (TPSA) is 62.0 Å². The lowest BCUT2D eigenvalue weighted by atomic mass is 10.3. The average molecular weight is 290 g/mol. The third-order valence-corrected chi connectivity index (χ3v) is 3.01. The molecule has 2 rings (SSSR count). The lowest BCUT2D eigenvalue weighted by Crippen LogP contribution is -2.20. The minimum Gasteiger partial charge on any atom is -0.492 e. The number of thiocarbonyl (C=S) groups is 1. The molecule has 5 nitrogen and oxygen atoms in total. The number of nitrogens with one attached hydrogen (secondary N) is 3. The van der Waals surface area contributed by atoms with Gasteiger partial charge >= 0.3 is 0 Å². The minimum atomic E-state index is 0.504. The molecule has 3 N–H and O–H groups in total. The molecule has 0 saturated carbocycles. The molecule has 1 aromatic carbocycles. The van der Waals surface area contributed by atoms with Gasteiger partial charge in [0.25, 0.3) is 0 Å². The molecule has 20 heavy (non-hydrogen) atoms. The first-order valence-corrected chi connectivity index (χ1v) is 6.84. The van der Waals surface area contributed by atoms with Gasteiger partial charge in [-0.25, -0.2) is 0 Å². The molecule has 0 saturated heterocycles. The zero-order valence-corrected chi connectivity index (χ0v) is 12.6. The van der Waals surface area contributed by atoms with Crippen molar-refractivity contribution in [1.29, 1.82) is 0 Å². The van der Waals surface area contributed by atoms with Crippen LogP contribution in [0.4, 0.5) is 11.4 Å². The number of hydrogen-bond acceptors (Lipinski definition) is 3. The molecule has 0 fully saturated rings. The van der Waals surface area contributed by atoms with Crippen molar-refractivity contribution in [2.24, 2.45) is 0 Å². The van der Waals surface area contributed by atoms with Gasteiger partial charge in [0, 0.05) is 0 Å². The van der Waals surface area contributed by atoms with Gasteiger partial charge in [0.15, 0.2) is 5.11 Å². The first-order chi connectivity index (χ1) is 9.61. The highest BCUT2D eigenvalue weighted by Gasteiger charge is 2.09. The van der Waals surface area contributed by atoms with E-state index >= 15 is 0 Å². The van der Waals surface area contributed by atoms with Crippen LogP contribution >= 0.6 is 12.2 Å². The smallest absolute Gasteiger partial charge is 0.175 e. The van der Waals surface area contributed by atoms with E-state index in [9.17, 15) is 0 Å². The van der Waals surface area contributed by atoms with Crippen LogP contribution in [0.3, 0.4) is 0 Å². The fourth-order valence-electron chi connectivity index (χ4n) is 1.85. The van der Waals surface area contributed by atoms with Gasteiger partial charge in [-0.05, 0) is 45.1 Å². The van der Waals surface area contributed by atoms with Gasteiger partial charge in [-0.15, -0.1) is 0 Å². The molecule has 0 atom stereocenters. The maximum atomic E-state index is 5.55. The largest absolute Gasteiger partial charge is 0.492 e. The van der Waals surface area contributed by atoms with Crippen LogP contribution in [0.2, 0.25) is 0 Å². The molecule has 1 aromatic heterocycles. The molecule has 0 amide bonds. The number of aromatic nitrogens is 2. The van der Waals surface area contributed by atoms with E-state index < -0.39 is 0 Å². The highest BCUT2D eigenvalue weighted by molar-refractivity contribution is 7.80. The number of hydrogen-bond donors (Lipinski definition) is 3. The quantitative estimate of drug-likeness (QED) is 0.755. The summed E-state index contributed by atoms with van der Waals surface area (Å²) in [6.07, 6.45) is 0. The third kappa shape index (κ3) is 3.27. The number of aryl methyl sites for hydroxylation is 2. The van der Waals surface area contributed by atoms with Crippen LogP contribution in [0.1, 0.15) is 18.3 Å². The molecule has 0 aliphatic carbocycles. The number of para-hydroxylation sites is 2. The Labute approximate surface area is 123 Å². The summed E-state index contributed by atoms with van der Waals surface area (Å²) in [5, 5.41) is 13.8. The second-order valence-corrected chi connectivity index (χ2v) is 4.73. The number of anilines is 2. The number of H-pyrrole nitrogens is 1. The third-order valence-electron chi connectivity index (χ3n) is 2.80. The monoisotopic (exact) mass is 290 g/mol. The van der Waals surface area contributed by atoms with Gasteiger partial charge in [-0.2, -0.15) is 5.10 Å². The first kappa shape index (κ1) is 14.3. The average Bonchev–Trinajstić information content (AvgIpc) is 2.73. The van der Waals surface area contributed by atoms with Crippen LogP contribution in [-0.2, 0) is 0 Å². The number of nitrogens with zero attached hydrogens (tertiary/aromatic N) is 1. The summed E-state index contributed by atoms with van der Waals surface area (Å²) < 4.78 is 5.55. The van der Waals surface area contributed by atoms with E-state index in [4.69, 9.17) is 17.0 Å². The van der Waals surface area contributed by atoms with E-state index in [-0.39, 0.29) is 0 Å². The Balaban J connectivity index is 2.09. The van der Waals surface area contributed by atoms with Gasteiger partial charge in [0.1, 0.15) is 5.75 Å². The summed E-state index contributed by atoms with van der Waals surface area (Å²) in [6, 6.07) is 7.69. The maximum absolute atomic E-state index is 5.55. The van der Waals surface area contributed by atoms with E-state index in [2.05, 4.69) is 20.8 Å². The Morgan fingerprint density at radius 1 is 1.30 bits per heavy atom. The number of rotatable bonds is 4. The molecular weight excluding hydrogens is 272 g/mol. The predicted molar refractivity (Wildman–Crippen MR) is 85.5 cm³/mol. The van der Waals surface area contributed by atoms with Gasteiger partial charge < -0.3 is 15.4 Å². The van der Waals surface area contributed by atoms with Crippen molar-refractivity contribution in [2.75, 3.05) is 17.2 Å². The lowest BCUT2D eigenvalue weighted by molar-refractivity contribution is 0.342. The van der Waals surface area contributed by atoms with Crippen LogP contribution < -0.4 is 15.4 Å². The summed E-state index contributed by atoms with van der Waals surface area (Å²) in [6.45, 7) is 6.42.